The summed E-state index contributed by atoms with van der Waals surface area (Å²) in [5.41, 5.74) is 0. The summed E-state index contributed by atoms with van der Waals surface area (Å²) < 4.78 is 16.7. The van der Waals surface area contributed by atoms with Gasteiger partial charge in [-0.05, 0) is 64.2 Å². The largest absolute Gasteiger partial charge is 0.462 e. The van der Waals surface area contributed by atoms with E-state index in [0.717, 1.165) is 77.0 Å². The fourth-order valence-corrected chi connectivity index (χ4v) is 6.42. The van der Waals surface area contributed by atoms with Crippen molar-refractivity contribution in [2.45, 2.75) is 245 Å². The van der Waals surface area contributed by atoms with Gasteiger partial charge in [0.15, 0.2) is 6.10 Å². The minimum Gasteiger partial charge on any atom is -0.462 e. The molecule has 310 valence electrons. The quantitative estimate of drug-likeness (QED) is 0.0268. The maximum Gasteiger partial charge on any atom is 0.306 e. The second kappa shape index (κ2) is 42.6. The molecule has 0 saturated heterocycles. The van der Waals surface area contributed by atoms with Gasteiger partial charge in [-0.3, -0.25) is 14.4 Å². The van der Waals surface area contributed by atoms with E-state index in [-0.39, 0.29) is 31.1 Å². The van der Waals surface area contributed by atoms with Gasteiger partial charge in [0.1, 0.15) is 13.2 Å². The van der Waals surface area contributed by atoms with Gasteiger partial charge in [-0.15, -0.1) is 0 Å². The second-order valence-corrected chi connectivity index (χ2v) is 15.3. The van der Waals surface area contributed by atoms with Crippen molar-refractivity contribution in [3.8, 4) is 0 Å². The lowest BCUT2D eigenvalue weighted by Gasteiger charge is -2.18. The van der Waals surface area contributed by atoms with Crippen LogP contribution in [0.3, 0.4) is 0 Å². The summed E-state index contributed by atoms with van der Waals surface area (Å²) in [5, 5.41) is 0. The van der Waals surface area contributed by atoms with Gasteiger partial charge in [-0.25, -0.2) is 0 Å². The van der Waals surface area contributed by atoms with E-state index in [1.807, 2.05) is 0 Å². The van der Waals surface area contributed by atoms with E-state index in [1.165, 1.54) is 122 Å². The Morgan fingerprint density at radius 3 is 1.02 bits per heavy atom. The number of rotatable bonds is 41. The zero-order valence-corrected chi connectivity index (χ0v) is 35.3. The van der Waals surface area contributed by atoms with Crippen LogP contribution in [-0.4, -0.2) is 37.2 Å². The molecule has 0 aliphatic heterocycles. The molecule has 0 radical (unpaired) electrons. The average molecular weight is 747 g/mol. The van der Waals surface area contributed by atoms with Crippen LogP contribution in [0.25, 0.3) is 0 Å². The molecule has 0 spiro atoms. The van der Waals surface area contributed by atoms with Crippen molar-refractivity contribution < 1.29 is 28.6 Å². The number of unbranched alkanes of at least 4 members (excludes halogenated alkanes) is 26. The summed E-state index contributed by atoms with van der Waals surface area (Å²) in [6, 6.07) is 0. The summed E-state index contributed by atoms with van der Waals surface area (Å²) in [6.07, 6.45) is 45.8. The van der Waals surface area contributed by atoms with Gasteiger partial charge >= 0.3 is 17.9 Å². The minimum atomic E-state index is -0.771. The molecule has 0 aromatic carbocycles. The fourth-order valence-electron chi connectivity index (χ4n) is 6.42. The van der Waals surface area contributed by atoms with Crippen molar-refractivity contribution in [2.75, 3.05) is 13.2 Å². The lowest BCUT2D eigenvalue weighted by atomic mass is 10.1. The van der Waals surface area contributed by atoms with E-state index in [4.69, 9.17) is 14.2 Å². The zero-order valence-electron chi connectivity index (χ0n) is 35.3. The molecule has 0 rings (SSSR count). The van der Waals surface area contributed by atoms with Crippen molar-refractivity contribution in [3.63, 3.8) is 0 Å². The third-order valence-corrected chi connectivity index (χ3v) is 9.93. The fraction of sp³-hybridized carbons (Fsp3) is 0.851. The van der Waals surface area contributed by atoms with Gasteiger partial charge in [0.25, 0.3) is 0 Å². The molecule has 0 amide bonds. The van der Waals surface area contributed by atoms with Crippen molar-refractivity contribution in [1.82, 2.24) is 0 Å². The van der Waals surface area contributed by atoms with Crippen LogP contribution >= 0.6 is 0 Å². The average Bonchev–Trinajstić information content (AvgIpc) is 3.15. The topological polar surface area (TPSA) is 78.9 Å². The molecule has 0 heterocycles. The Labute approximate surface area is 328 Å². The molecular formula is C47H86O6. The number of hydrogen-bond donors (Lipinski definition) is 0. The van der Waals surface area contributed by atoms with E-state index in [1.54, 1.807) is 0 Å². The smallest absolute Gasteiger partial charge is 0.306 e. The Bertz CT molecular complexity index is 865. The molecule has 0 N–H and O–H groups in total. The molecule has 6 heteroatoms. The SMILES string of the molecule is CCCC/C=C\CCCCCCCC(=O)OC(COC(=O)CCCCCCC/C=C\CCCCCC)COC(=O)CCCCCCCCCCCCC. The van der Waals surface area contributed by atoms with Crippen LogP contribution in [0.4, 0.5) is 0 Å². The lowest BCUT2D eigenvalue weighted by molar-refractivity contribution is -0.167. The van der Waals surface area contributed by atoms with E-state index in [9.17, 15) is 14.4 Å². The number of carbonyl (C=O) groups is 3. The van der Waals surface area contributed by atoms with Crippen LogP contribution in [0.15, 0.2) is 24.3 Å². The molecule has 0 bridgehead atoms. The van der Waals surface area contributed by atoms with Crippen molar-refractivity contribution in [2.24, 2.45) is 0 Å². The molecule has 0 saturated carbocycles. The highest BCUT2D eigenvalue weighted by molar-refractivity contribution is 5.71. The summed E-state index contributed by atoms with van der Waals surface area (Å²) >= 11 is 0. The van der Waals surface area contributed by atoms with Crippen LogP contribution < -0.4 is 0 Å². The molecule has 0 aromatic rings. The van der Waals surface area contributed by atoms with E-state index in [2.05, 4.69) is 45.1 Å². The van der Waals surface area contributed by atoms with Crippen LogP contribution in [0.5, 0.6) is 0 Å². The Morgan fingerprint density at radius 1 is 0.358 bits per heavy atom. The molecule has 6 nitrogen and oxygen atoms in total. The summed E-state index contributed by atoms with van der Waals surface area (Å²) in [5.74, 6) is -0.891. The highest BCUT2D eigenvalue weighted by Crippen LogP contribution is 2.14. The van der Waals surface area contributed by atoms with Gasteiger partial charge < -0.3 is 14.2 Å². The first kappa shape index (κ1) is 50.9. The molecule has 1 unspecified atom stereocenters. The maximum absolute atomic E-state index is 12.7. The highest BCUT2D eigenvalue weighted by atomic mass is 16.6. The normalized spacial score (nSPS) is 12.1. The highest BCUT2D eigenvalue weighted by Gasteiger charge is 2.19. The van der Waals surface area contributed by atoms with Crippen molar-refractivity contribution >= 4 is 17.9 Å². The first-order valence-electron chi connectivity index (χ1n) is 22.8. The lowest BCUT2D eigenvalue weighted by Crippen LogP contribution is -2.30. The monoisotopic (exact) mass is 747 g/mol. The summed E-state index contributed by atoms with van der Waals surface area (Å²) in [6.45, 7) is 6.56. The number of esters is 3. The minimum absolute atomic E-state index is 0.0746. The second-order valence-electron chi connectivity index (χ2n) is 15.3. The van der Waals surface area contributed by atoms with Gasteiger partial charge in [0.05, 0.1) is 0 Å². The zero-order chi connectivity index (χ0) is 38.7. The Balaban J connectivity index is 4.37. The van der Waals surface area contributed by atoms with E-state index >= 15 is 0 Å². The number of ether oxygens (including phenoxy) is 3. The van der Waals surface area contributed by atoms with Crippen LogP contribution in [0.1, 0.15) is 239 Å². The van der Waals surface area contributed by atoms with Crippen molar-refractivity contribution in [1.29, 1.82) is 0 Å². The molecule has 0 aliphatic carbocycles. The Hall–Kier alpha value is -2.11. The summed E-state index contributed by atoms with van der Waals surface area (Å²) in [4.78, 5) is 37.7. The molecule has 0 fully saturated rings. The predicted octanol–water partition coefficient (Wildman–Crippen LogP) is 14.4. The third kappa shape index (κ3) is 40.9. The van der Waals surface area contributed by atoms with Gasteiger partial charge in [0, 0.05) is 19.3 Å². The molecule has 0 aliphatic rings. The number of hydrogen-bond acceptors (Lipinski definition) is 6. The van der Waals surface area contributed by atoms with Gasteiger partial charge in [0.2, 0.25) is 0 Å². The van der Waals surface area contributed by atoms with E-state index in [0.29, 0.717) is 19.3 Å². The van der Waals surface area contributed by atoms with Gasteiger partial charge in [-0.2, -0.15) is 0 Å². The molecule has 1 atom stereocenters. The van der Waals surface area contributed by atoms with Crippen LogP contribution in [-0.2, 0) is 28.6 Å². The van der Waals surface area contributed by atoms with Crippen LogP contribution in [0, 0.1) is 0 Å². The van der Waals surface area contributed by atoms with E-state index < -0.39 is 6.10 Å². The third-order valence-electron chi connectivity index (χ3n) is 9.93. The van der Waals surface area contributed by atoms with Gasteiger partial charge in [-0.1, -0.05) is 180 Å². The standard InChI is InChI=1S/C47H86O6/c1-4-7-10-13-16-19-22-23-26-28-31-34-37-40-46(49)52-43-44(53-47(50)41-38-35-32-29-25-21-18-15-12-9-6-3)42-51-45(48)39-36-33-30-27-24-20-17-14-11-8-5-2/h15,18-19,22,44H,4-14,16-17,20-21,23-43H2,1-3H3/b18-15-,22-19-. The first-order chi connectivity index (χ1) is 26.0. The first-order valence-corrected chi connectivity index (χ1v) is 22.8. The summed E-state index contributed by atoms with van der Waals surface area (Å²) in [7, 11) is 0. The number of carbonyl (C=O) groups excluding carboxylic acids is 3. The van der Waals surface area contributed by atoms with Crippen LogP contribution in [0.2, 0.25) is 0 Å². The maximum atomic E-state index is 12.7. The predicted molar refractivity (Wildman–Crippen MR) is 224 cm³/mol. The number of allylic oxidation sites excluding steroid dienone is 4. The molecular weight excluding hydrogens is 661 g/mol. The molecule has 53 heavy (non-hydrogen) atoms. The Morgan fingerprint density at radius 2 is 0.642 bits per heavy atom. The Kier molecular flexibility index (Phi) is 40.9. The van der Waals surface area contributed by atoms with Crippen molar-refractivity contribution in [3.05, 3.63) is 24.3 Å². The molecule has 0 aromatic heterocycles.